The number of amides is 3. The van der Waals surface area contributed by atoms with Crippen LogP contribution < -0.4 is 5.32 Å². The van der Waals surface area contributed by atoms with E-state index in [0.717, 1.165) is 16.7 Å². The molecule has 0 spiro atoms. The van der Waals surface area contributed by atoms with Gasteiger partial charge < -0.3 is 9.73 Å². The highest BCUT2D eigenvalue weighted by Crippen LogP contribution is 2.32. The van der Waals surface area contributed by atoms with Gasteiger partial charge >= 0.3 is 0 Å². The van der Waals surface area contributed by atoms with Crippen LogP contribution in [-0.2, 0) is 4.79 Å². The second-order valence-electron chi connectivity index (χ2n) is 6.81. The van der Waals surface area contributed by atoms with Gasteiger partial charge in [-0.15, -0.1) is 0 Å². The first-order valence-corrected chi connectivity index (χ1v) is 10.1. The zero-order valence-electron chi connectivity index (χ0n) is 16.3. The van der Waals surface area contributed by atoms with E-state index in [-0.39, 0.29) is 29.3 Å². The van der Waals surface area contributed by atoms with Gasteiger partial charge in [0.25, 0.3) is 17.1 Å². The quantitative estimate of drug-likeness (QED) is 0.589. The molecule has 0 radical (unpaired) electrons. The molecule has 0 saturated carbocycles. The van der Waals surface area contributed by atoms with Crippen LogP contribution in [0, 0.1) is 18.6 Å². The molecule has 0 bridgehead atoms. The summed E-state index contributed by atoms with van der Waals surface area (Å²) in [4.78, 5) is 38.4. The third-order valence-corrected chi connectivity index (χ3v) is 5.69. The molecule has 0 atom stereocenters. The number of nitrogens with zero attached hydrogens (tertiary/aromatic N) is 1. The Morgan fingerprint density at radius 1 is 1.16 bits per heavy atom. The molecule has 2 aromatic carbocycles. The summed E-state index contributed by atoms with van der Waals surface area (Å²) in [5, 5.41) is 2.63. The number of furan rings is 1. The first-order valence-electron chi connectivity index (χ1n) is 9.32. The van der Waals surface area contributed by atoms with Crippen molar-refractivity contribution in [2.24, 2.45) is 0 Å². The van der Waals surface area contributed by atoms with Crippen LogP contribution in [0.15, 0.2) is 51.8 Å². The lowest BCUT2D eigenvalue weighted by molar-refractivity contribution is -0.122. The van der Waals surface area contributed by atoms with E-state index in [1.165, 1.54) is 42.5 Å². The van der Waals surface area contributed by atoms with E-state index >= 15 is 0 Å². The maximum Gasteiger partial charge on any atom is 0.293 e. The van der Waals surface area contributed by atoms with E-state index in [1.807, 2.05) is 0 Å². The summed E-state index contributed by atoms with van der Waals surface area (Å²) in [5.74, 6) is -2.04. The molecule has 1 fully saturated rings. The number of carbonyl (C=O) groups excluding carboxylic acids is 3. The Morgan fingerprint density at radius 3 is 2.61 bits per heavy atom. The smallest absolute Gasteiger partial charge is 0.293 e. The summed E-state index contributed by atoms with van der Waals surface area (Å²) in [6, 6.07) is 9.95. The van der Waals surface area contributed by atoms with E-state index in [0.29, 0.717) is 16.5 Å². The highest BCUT2D eigenvalue weighted by Gasteiger charge is 2.34. The molecule has 0 unspecified atom stereocenters. The number of halogens is 2. The lowest BCUT2D eigenvalue weighted by Gasteiger charge is -2.12. The van der Waals surface area contributed by atoms with Crippen LogP contribution in [0.25, 0.3) is 17.0 Å². The molecule has 1 N–H and O–H groups in total. The zero-order valence-corrected chi connectivity index (χ0v) is 17.1. The molecule has 9 heteroatoms. The maximum atomic E-state index is 13.9. The Kier molecular flexibility index (Phi) is 5.60. The average molecular weight is 442 g/mol. The van der Waals surface area contributed by atoms with Crippen molar-refractivity contribution in [1.82, 2.24) is 10.2 Å². The number of rotatable bonds is 5. The average Bonchev–Trinajstić information content (AvgIpc) is 3.22. The minimum atomic E-state index is -0.568. The van der Waals surface area contributed by atoms with Gasteiger partial charge in [0, 0.05) is 24.0 Å². The van der Waals surface area contributed by atoms with E-state index in [2.05, 4.69) is 5.32 Å². The summed E-state index contributed by atoms with van der Waals surface area (Å²) >= 11 is 0.775. The molecule has 1 aliphatic rings. The largest absolute Gasteiger partial charge is 0.448 e. The molecular formula is C22H16F2N2O4S. The van der Waals surface area contributed by atoms with E-state index in [9.17, 15) is 23.2 Å². The molecule has 158 valence electrons. The normalized spacial score (nSPS) is 15.3. The van der Waals surface area contributed by atoms with Crippen LogP contribution in [-0.4, -0.2) is 35.0 Å². The molecule has 1 saturated heterocycles. The number of hydrogen-bond donors (Lipinski definition) is 1. The molecule has 0 aliphatic carbocycles. The predicted molar refractivity (Wildman–Crippen MR) is 112 cm³/mol. The summed E-state index contributed by atoms with van der Waals surface area (Å²) in [6.07, 6.45) is 1.51. The molecule has 2 heterocycles. The SMILES string of the molecule is Cc1c(C(=O)NCCN2C(=O)S/C(=C\c3ccc(F)cc3)C2=O)oc2c(F)cccc12. The fourth-order valence-electron chi connectivity index (χ4n) is 3.19. The molecule has 1 aliphatic heterocycles. The summed E-state index contributed by atoms with van der Waals surface area (Å²) in [5.41, 5.74) is 1.09. The van der Waals surface area contributed by atoms with Crippen molar-refractivity contribution in [2.45, 2.75) is 6.92 Å². The van der Waals surface area contributed by atoms with Crippen LogP contribution in [0.5, 0.6) is 0 Å². The summed E-state index contributed by atoms with van der Waals surface area (Å²) in [6.45, 7) is 1.61. The Morgan fingerprint density at radius 2 is 1.90 bits per heavy atom. The molecule has 31 heavy (non-hydrogen) atoms. The van der Waals surface area contributed by atoms with Crippen LogP contribution >= 0.6 is 11.8 Å². The van der Waals surface area contributed by atoms with Crippen molar-refractivity contribution in [2.75, 3.05) is 13.1 Å². The minimum Gasteiger partial charge on any atom is -0.448 e. The first-order chi connectivity index (χ1) is 14.8. The fraction of sp³-hybridized carbons (Fsp3) is 0.136. The van der Waals surface area contributed by atoms with Gasteiger partial charge in [-0.3, -0.25) is 19.3 Å². The third-order valence-electron chi connectivity index (χ3n) is 4.78. The molecular weight excluding hydrogens is 426 g/mol. The second kappa shape index (κ2) is 8.35. The standard InChI is InChI=1S/C22H16F2N2O4S/c1-12-15-3-2-4-16(24)19(15)30-18(12)20(27)25-9-10-26-21(28)17(31-22(26)29)11-13-5-7-14(23)8-6-13/h2-8,11H,9-10H2,1H3,(H,25,27)/b17-11-. The van der Waals surface area contributed by atoms with Crippen molar-refractivity contribution < 1.29 is 27.6 Å². The highest BCUT2D eigenvalue weighted by molar-refractivity contribution is 8.18. The maximum absolute atomic E-state index is 13.9. The van der Waals surface area contributed by atoms with Gasteiger partial charge in [0.1, 0.15) is 5.82 Å². The second-order valence-corrected chi connectivity index (χ2v) is 7.81. The number of benzene rings is 2. The van der Waals surface area contributed by atoms with Crippen molar-refractivity contribution in [1.29, 1.82) is 0 Å². The van der Waals surface area contributed by atoms with Gasteiger partial charge in [-0.2, -0.15) is 0 Å². The number of aryl methyl sites for hydroxylation is 1. The van der Waals surface area contributed by atoms with Crippen LogP contribution in [0.1, 0.15) is 21.7 Å². The lowest BCUT2D eigenvalue weighted by Crippen LogP contribution is -2.37. The topological polar surface area (TPSA) is 79.6 Å². The van der Waals surface area contributed by atoms with Crippen molar-refractivity contribution >= 4 is 45.9 Å². The van der Waals surface area contributed by atoms with Crippen LogP contribution in [0.4, 0.5) is 13.6 Å². The van der Waals surface area contributed by atoms with E-state index < -0.39 is 28.7 Å². The number of hydrogen-bond acceptors (Lipinski definition) is 5. The Hall–Kier alpha value is -3.46. The van der Waals surface area contributed by atoms with Gasteiger partial charge in [-0.05, 0) is 48.5 Å². The number of thioether (sulfide) groups is 1. The monoisotopic (exact) mass is 442 g/mol. The van der Waals surface area contributed by atoms with Gasteiger partial charge in [0.15, 0.2) is 17.2 Å². The predicted octanol–water partition coefficient (Wildman–Crippen LogP) is 4.49. The molecule has 3 amide bonds. The highest BCUT2D eigenvalue weighted by atomic mass is 32.2. The van der Waals surface area contributed by atoms with Crippen LogP contribution in [0.3, 0.4) is 0 Å². The Labute approximate surface area is 179 Å². The molecule has 4 rings (SSSR count). The molecule has 1 aromatic heterocycles. The summed E-state index contributed by atoms with van der Waals surface area (Å²) < 4.78 is 32.3. The number of imide groups is 1. The first kappa shape index (κ1) is 20.8. The molecule has 6 nitrogen and oxygen atoms in total. The van der Waals surface area contributed by atoms with Gasteiger partial charge in [-0.1, -0.05) is 24.3 Å². The van der Waals surface area contributed by atoms with Crippen molar-refractivity contribution in [3.8, 4) is 0 Å². The Bertz CT molecular complexity index is 1230. The van der Waals surface area contributed by atoms with Crippen LogP contribution in [0.2, 0.25) is 0 Å². The van der Waals surface area contributed by atoms with Crippen molar-refractivity contribution in [3.05, 3.63) is 75.9 Å². The number of nitrogens with one attached hydrogen (secondary N) is 1. The minimum absolute atomic E-state index is 0.000328. The van der Waals surface area contributed by atoms with E-state index in [1.54, 1.807) is 13.0 Å². The number of para-hydroxylation sites is 1. The lowest BCUT2D eigenvalue weighted by atomic mass is 10.1. The van der Waals surface area contributed by atoms with Gasteiger partial charge in [0.2, 0.25) is 0 Å². The third kappa shape index (κ3) is 4.09. The van der Waals surface area contributed by atoms with Gasteiger partial charge in [0.05, 0.1) is 4.91 Å². The number of carbonyl (C=O) groups is 3. The van der Waals surface area contributed by atoms with E-state index in [4.69, 9.17) is 4.42 Å². The van der Waals surface area contributed by atoms with Gasteiger partial charge in [-0.25, -0.2) is 8.78 Å². The summed E-state index contributed by atoms with van der Waals surface area (Å²) in [7, 11) is 0. The zero-order chi connectivity index (χ0) is 22.1. The Balaban J connectivity index is 1.40. The van der Waals surface area contributed by atoms with Crippen molar-refractivity contribution in [3.63, 3.8) is 0 Å². The fourth-order valence-corrected chi connectivity index (χ4v) is 4.06. The number of fused-ring (bicyclic) bond motifs is 1. The molecule has 3 aromatic rings.